The lowest BCUT2D eigenvalue weighted by Crippen LogP contribution is -2.61. The van der Waals surface area contributed by atoms with Crippen LogP contribution in [0.15, 0.2) is 400 Å². The average molecular weight is 1450 g/mol. The van der Waals surface area contributed by atoms with Gasteiger partial charge in [-0.1, -0.05) is 354 Å². The molecule has 17 aromatic carbocycles. The second kappa shape index (κ2) is 26.8. The van der Waals surface area contributed by atoms with Crippen molar-refractivity contribution in [2.45, 2.75) is 31.6 Å². The molecule has 0 N–H and O–H groups in total. The smallest absolute Gasteiger partial charge is 0.252 e. The van der Waals surface area contributed by atoms with Gasteiger partial charge in [0.1, 0.15) is 0 Å². The van der Waals surface area contributed by atoms with E-state index in [1.807, 2.05) is 18.2 Å². The van der Waals surface area contributed by atoms with Crippen molar-refractivity contribution in [2.75, 3.05) is 9.80 Å². The van der Waals surface area contributed by atoms with Crippen LogP contribution in [0.3, 0.4) is 0 Å². The number of nitrogens with zero attached hydrogens (tertiary/aromatic N) is 4. The Bertz CT molecular complexity index is 7120. The maximum absolute atomic E-state index is 10.8. The van der Waals surface area contributed by atoms with Gasteiger partial charge in [-0.3, -0.25) is 0 Å². The lowest BCUT2D eigenvalue weighted by molar-refractivity contribution is 0.590. The summed E-state index contributed by atoms with van der Waals surface area (Å²) in [5.41, 5.74) is 29.0. The number of benzene rings is 17. The number of hydrogen-bond acceptors (Lipinski definition) is 3. The van der Waals surface area contributed by atoms with Gasteiger partial charge in [0.2, 0.25) is 0 Å². The number of fused-ring (bicyclic) bond motifs is 10. The van der Waals surface area contributed by atoms with Gasteiger partial charge in [-0.05, 0) is 183 Å². The fourth-order valence-corrected chi connectivity index (χ4v) is 18.5. The Morgan fingerprint density at radius 2 is 0.823 bits per heavy atom. The van der Waals surface area contributed by atoms with E-state index in [4.69, 9.17) is 0 Å². The Labute approximate surface area is 670 Å². The zero-order valence-electron chi connectivity index (χ0n) is 69.4. The molecule has 0 saturated carbocycles. The van der Waals surface area contributed by atoms with Crippen LogP contribution in [0.25, 0.3) is 117 Å². The molecule has 0 bridgehead atoms. The van der Waals surface area contributed by atoms with Gasteiger partial charge < -0.3 is 14.4 Å². The summed E-state index contributed by atoms with van der Waals surface area (Å²) in [5, 5.41) is 10.7. The first kappa shape index (κ1) is 59.6. The molecule has 0 atom stereocenters. The van der Waals surface area contributed by atoms with Crippen LogP contribution in [-0.4, -0.2) is 11.3 Å². The van der Waals surface area contributed by atoms with Crippen LogP contribution in [0.4, 0.5) is 34.1 Å². The molecule has 3 aliphatic rings. The monoisotopic (exact) mass is 1450 g/mol. The van der Waals surface area contributed by atoms with Crippen molar-refractivity contribution >= 4 is 79.0 Å². The van der Waals surface area contributed by atoms with E-state index < -0.39 is 54.4 Å². The Hall–Kier alpha value is -14.3. The predicted octanol–water partition coefficient (Wildman–Crippen LogP) is 26.1. The fourth-order valence-electron chi connectivity index (χ4n) is 18.5. The molecule has 1 aromatic heterocycles. The Balaban J connectivity index is 0.990. The number of rotatable bonds is 12. The normalized spacial score (nSPS) is 13.8. The average Bonchev–Trinajstić information content (AvgIpc) is 1.06. The molecule has 1 aliphatic carbocycles. The van der Waals surface area contributed by atoms with Gasteiger partial charge in [-0.2, -0.15) is 5.26 Å². The van der Waals surface area contributed by atoms with Crippen molar-refractivity contribution in [3.63, 3.8) is 0 Å². The third-order valence-corrected chi connectivity index (χ3v) is 23.5. The highest BCUT2D eigenvalue weighted by Crippen LogP contribution is 2.61. The molecule has 5 heteroatoms. The van der Waals surface area contributed by atoms with Crippen molar-refractivity contribution in [1.82, 2.24) is 4.57 Å². The van der Waals surface area contributed by atoms with Gasteiger partial charge in [-0.15, -0.1) is 0 Å². The Morgan fingerprint density at radius 1 is 0.345 bits per heavy atom. The molecule has 530 valence electrons. The molecule has 0 unspecified atom stereocenters. The number of nitriles is 1. The number of para-hydroxylation sites is 2. The summed E-state index contributed by atoms with van der Waals surface area (Å²) < 4.78 is 69.7. The van der Waals surface area contributed by atoms with E-state index in [0.717, 1.165) is 151 Å². The first-order valence-electron chi connectivity index (χ1n) is 42.1. The van der Waals surface area contributed by atoms with Crippen LogP contribution in [0.5, 0.6) is 0 Å². The molecule has 4 nitrogen and oxygen atoms in total. The zero-order chi connectivity index (χ0) is 81.6. The summed E-state index contributed by atoms with van der Waals surface area (Å²) in [6.45, 7) is 6.14. The van der Waals surface area contributed by atoms with Crippen LogP contribution in [-0.2, 0) is 10.8 Å². The predicted molar refractivity (Wildman–Crippen MR) is 474 cm³/mol. The summed E-state index contributed by atoms with van der Waals surface area (Å²) in [6.07, 6.45) is 0. The molecule has 0 amide bonds. The first-order valence-corrected chi connectivity index (χ1v) is 38.6. The van der Waals surface area contributed by atoms with Crippen molar-refractivity contribution in [3.05, 3.63) is 434 Å². The van der Waals surface area contributed by atoms with Crippen LogP contribution in [0.2, 0.25) is 0 Å². The van der Waals surface area contributed by atoms with E-state index in [1.165, 1.54) is 11.1 Å². The molecular formula is C108H75BN4. The van der Waals surface area contributed by atoms with Gasteiger partial charge in [0.05, 0.1) is 49.1 Å². The number of anilines is 6. The number of hydrogen-bond donors (Lipinski definition) is 0. The maximum atomic E-state index is 10.8. The molecule has 21 rings (SSSR count). The second-order valence-electron chi connectivity index (χ2n) is 30.7. The third kappa shape index (κ3) is 10.7. The van der Waals surface area contributed by atoms with E-state index in [2.05, 4.69) is 376 Å². The molecule has 0 saturated heterocycles. The van der Waals surface area contributed by atoms with Gasteiger partial charge in [0, 0.05) is 61.5 Å². The summed E-state index contributed by atoms with van der Waals surface area (Å²) in [7, 11) is 0. The minimum atomic E-state index is -0.871. The molecule has 0 radical (unpaired) electrons. The summed E-state index contributed by atoms with van der Waals surface area (Å²) in [6, 6.07) is 128. The highest BCUT2D eigenvalue weighted by atomic mass is 15.2. The Morgan fingerprint density at radius 3 is 1.41 bits per heavy atom. The van der Waals surface area contributed by atoms with Gasteiger partial charge in [0.15, 0.2) is 0 Å². The lowest BCUT2D eigenvalue weighted by atomic mass is 9.33. The van der Waals surface area contributed by atoms with E-state index in [-0.39, 0.29) is 32.8 Å². The quantitative estimate of drug-likeness (QED) is 0.114. The summed E-state index contributed by atoms with van der Waals surface area (Å²) in [4.78, 5) is 5.05. The highest BCUT2D eigenvalue weighted by Gasteiger charge is 2.50. The van der Waals surface area contributed by atoms with Gasteiger partial charge >= 0.3 is 0 Å². The SMILES string of the molecule is [2H]c1c([2H])c([2H])c2c(c1[2H])c1c([2H])c(C#N)c([2H])c([2H])c1n2-c1ccc2c(c1)N(c1c(-c3ccccc3)cc(-c3ccccc3)cc1-c1ccccc1)c1cc(-c3cccc4c3C(c3ccccc3)(c3ccccc3)c3ccccc3-4)cc3c1B2c1cc(-c2ccc(C(C)(C)C)cc2)ccc1N3c1c(-c2ccccc2)cccc1-c1ccccc1. The Kier molecular flexibility index (Phi) is 14.1. The van der Waals surface area contributed by atoms with Gasteiger partial charge in [-0.25, -0.2) is 0 Å². The van der Waals surface area contributed by atoms with Crippen molar-refractivity contribution < 1.29 is 9.60 Å². The number of aromatic nitrogens is 1. The zero-order valence-corrected chi connectivity index (χ0v) is 62.4. The van der Waals surface area contributed by atoms with Gasteiger partial charge in [0.25, 0.3) is 6.71 Å². The molecule has 0 fully saturated rings. The molecule has 3 heterocycles. The summed E-state index contributed by atoms with van der Waals surface area (Å²) in [5.74, 6) is 0. The minimum Gasteiger partial charge on any atom is -0.310 e. The topological polar surface area (TPSA) is 35.2 Å². The first-order chi connectivity index (χ1) is 58.6. The van der Waals surface area contributed by atoms with Crippen molar-refractivity contribution in [2.24, 2.45) is 0 Å². The van der Waals surface area contributed by atoms with Crippen LogP contribution >= 0.6 is 0 Å². The van der Waals surface area contributed by atoms with E-state index in [9.17, 15) is 14.9 Å². The lowest BCUT2D eigenvalue weighted by Gasteiger charge is -2.46. The largest absolute Gasteiger partial charge is 0.310 e. The molecule has 0 spiro atoms. The standard InChI is InChI=1S/C108H75BN4/c1-107(2,3)81-57-54-73(55-58-81)78-56-62-99-96(66-78)109-95-60-59-84(111-97-52-28-26-46-89(97)93-63-71(70-110)53-61-98(93)111)69-100(95)113(106-91(76-37-17-7-18-38-76)64-79(72-31-11-4-12-32-72)65-92(106)77-39-19-8-20-40-77)102-68-80(67-101(104(102)109)112(99)105-86(74-33-13-5-14-34-74)48-30-49-87(105)75-35-15-6-16-36-75)85-47-29-50-90-88-45-25-27-51-94(88)108(103(85)90,82-41-21-9-22-42-82)83-43-23-10-24-44-83/h4-69H,1-3H3/i26D,28D,46D,52D,53D,61D,63D. The van der Waals surface area contributed by atoms with Crippen LogP contribution in [0.1, 0.15) is 63.7 Å². The summed E-state index contributed by atoms with van der Waals surface area (Å²) >= 11 is 0. The van der Waals surface area contributed by atoms with E-state index in [0.29, 0.717) is 11.4 Å². The second-order valence-corrected chi connectivity index (χ2v) is 30.7. The van der Waals surface area contributed by atoms with Crippen LogP contribution < -0.4 is 26.2 Å². The van der Waals surface area contributed by atoms with E-state index in [1.54, 1.807) is 4.57 Å². The fraction of sp³-hybridized carbons (Fsp3) is 0.0463. The highest BCUT2D eigenvalue weighted by molar-refractivity contribution is 7.00. The third-order valence-electron chi connectivity index (χ3n) is 23.5. The molecule has 113 heavy (non-hydrogen) atoms. The molecule has 18 aromatic rings. The van der Waals surface area contributed by atoms with E-state index >= 15 is 0 Å². The van der Waals surface area contributed by atoms with Crippen LogP contribution in [0, 0.1) is 11.3 Å². The van der Waals surface area contributed by atoms with Crippen molar-refractivity contribution in [1.29, 1.82) is 5.26 Å². The molecular weight excluding hydrogens is 1360 g/mol. The molecule has 2 aliphatic heterocycles. The maximum Gasteiger partial charge on any atom is 0.252 e. The van der Waals surface area contributed by atoms with Crippen molar-refractivity contribution in [3.8, 4) is 101 Å². The minimum absolute atomic E-state index is 0.00627.